The molecule has 0 atom stereocenters. The minimum Gasteiger partial charge on any atom is -0.489 e. The highest BCUT2D eigenvalue weighted by molar-refractivity contribution is 6.12. The molecule has 2 N–H and O–H groups in total. The maximum absolute atomic E-state index is 13.0. The van der Waals surface area contributed by atoms with Crippen molar-refractivity contribution in [2.45, 2.75) is 6.61 Å². The van der Waals surface area contributed by atoms with E-state index in [9.17, 15) is 24.2 Å². The molecular formula is C24H16FNO5. The standard InChI is InChI=1S/C24H16FNO5/c25-16-9-5-14(6-10-16)13-31-17-11-7-15(8-12-17)20-21(23(27)28)18-3-1-2-4-19(18)26-22(20)24(29)30/h1-12H,13H2,(H,27,28)(H,29,30). The summed E-state index contributed by atoms with van der Waals surface area (Å²) in [5.41, 5.74) is 1.04. The minimum atomic E-state index is -1.32. The van der Waals surface area contributed by atoms with E-state index in [1.54, 1.807) is 60.7 Å². The van der Waals surface area contributed by atoms with Crippen molar-refractivity contribution in [3.63, 3.8) is 0 Å². The lowest BCUT2D eigenvalue weighted by Gasteiger charge is -2.14. The highest BCUT2D eigenvalue weighted by Gasteiger charge is 2.24. The normalized spacial score (nSPS) is 10.7. The molecule has 0 amide bonds. The number of aromatic nitrogens is 1. The van der Waals surface area contributed by atoms with E-state index in [-0.39, 0.29) is 29.2 Å². The Morgan fingerprint density at radius 1 is 0.871 bits per heavy atom. The Balaban J connectivity index is 1.73. The minimum absolute atomic E-state index is 0.0313. The smallest absolute Gasteiger partial charge is 0.355 e. The van der Waals surface area contributed by atoms with Crippen LogP contribution in [0.4, 0.5) is 4.39 Å². The molecule has 1 aromatic heterocycles. The number of nitrogens with zero attached hydrogens (tertiary/aromatic N) is 1. The third-order valence-electron chi connectivity index (χ3n) is 4.77. The van der Waals surface area contributed by atoms with E-state index in [0.717, 1.165) is 5.56 Å². The lowest BCUT2D eigenvalue weighted by atomic mass is 9.94. The quantitative estimate of drug-likeness (QED) is 0.457. The van der Waals surface area contributed by atoms with Gasteiger partial charge in [0.1, 0.15) is 18.2 Å². The molecule has 4 aromatic rings. The van der Waals surface area contributed by atoms with Crippen LogP contribution in [0.2, 0.25) is 0 Å². The van der Waals surface area contributed by atoms with Gasteiger partial charge < -0.3 is 14.9 Å². The summed E-state index contributed by atoms with van der Waals surface area (Å²) in [7, 11) is 0. The summed E-state index contributed by atoms with van der Waals surface area (Å²) < 4.78 is 18.7. The van der Waals surface area contributed by atoms with E-state index in [0.29, 0.717) is 22.2 Å². The highest BCUT2D eigenvalue weighted by atomic mass is 19.1. The van der Waals surface area contributed by atoms with Gasteiger partial charge in [0, 0.05) is 10.9 Å². The topological polar surface area (TPSA) is 96.7 Å². The number of carboxylic acid groups (broad SMARTS) is 2. The Morgan fingerprint density at radius 3 is 2.19 bits per heavy atom. The third-order valence-corrected chi connectivity index (χ3v) is 4.77. The first-order valence-corrected chi connectivity index (χ1v) is 9.31. The first-order valence-electron chi connectivity index (χ1n) is 9.31. The molecule has 0 saturated carbocycles. The van der Waals surface area contributed by atoms with E-state index >= 15 is 0 Å². The second-order valence-electron chi connectivity index (χ2n) is 6.78. The van der Waals surface area contributed by atoms with Crippen LogP contribution < -0.4 is 4.74 Å². The number of fused-ring (bicyclic) bond motifs is 1. The van der Waals surface area contributed by atoms with E-state index in [1.807, 2.05) is 0 Å². The average molecular weight is 417 g/mol. The molecule has 0 spiro atoms. The van der Waals surface area contributed by atoms with Gasteiger partial charge in [-0.2, -0.15) is 0 Å². The van der Waals surface area contributed by atoms with E-state index in [4.69, 9.17) is 4.74 Å². The number of aromatic carboxylic acids is 2. The van der Waals surface area contributed by atoms with Crippen LogP contribution >= 0.6 is 0 Å². The van der Waals surface area contributed by atoms with Crippen LogP contribution in [-0.2, 0) is 6.61 Å². The number of halogens is 1. The predicted molar refractivity (Wildman–Crippen MR) is 112 cm³/mol. The molecule has 154 valence electrons. The van der Waals surface area contributed by atoms with Crippen LogP contribution in [0.25, 0.3) is 22.0 Å². The van der Waals surface area contributed by atoms with Gasteiger partial charge in [-0.05, 0) is 41.5 Å². The lowest BCUT2D eigenvalue weighted by molar-refractivity contribution is 0.0691. The summed E-state index contributed by atoms with van der Waals surface area (Å²) in [6.07, 6.45) is 0. The third kappa shape index (κ3) is 4.06. The SMILES string of the molecule is O=C(O)c1nc2ccccc2c(C(=O)O)c1-c1ccc(OCc2ccc(F)cc2)cc1. The van der Waals surface area contributed by atoms with Gasteiger partial charge in [-0.25, -0.2) is 19.0 Å². The summed E-state index contributed by atoms with van der Waals surface area (Å²) in [6, 6.07) is 18.8. The Morgan fingerprint density at radius 2 is 1.55 bits per heavy atom. The monoisotopic (exact) mass is 417 g/mol. The summed E-state index contributed by atoms with van der Waals surface area (Å²) in [6.45, 7) is 0.220. The Hall–Kier alpha value is -4.26. The van der Waals surface area contributed by atoms with Gasteiger partial charge in [-0.1, -0.05) is 42.5 Å². The molecule has 31 heavy (non-hydrogen) atoms. The molecule has 0 fully saturated rings. The number of carboxylic acids is 2. The van der Waals surface area contributed by atoms with Crippen molar-refractivity contribution in [3.05, 3.63) is 95.4 Å². The van der Waals surface area contributed by atoms with Crippen molar-refractivity contribution in [1.82, 2.24) is 4.98 Å². The first-order chi connectivity index (χ1) is 14.9. The largest absolute Gasteiger partial charge is 0.489 e. The molecule has 0 saturated heterocycles. The van der Waals surface area contributed by atoms with Gasteiger partial charge in [0.05, 0.1) is 11.1 Å². The second-order valence-corrected chi connectivity index (χ2v) is 6.78. The molecule has 6 nitrogen and oxygen atoms in total. The number of hydrogen-bond donors (Lipinski definition) is 2. The van der Waals surface area contributed by atoms with Crippen LogP contribution in [0, 0.1) is 5.82 Å². The van der Waals surface area contributed by atoms with Crippen LogP contribution in [0.3, 0.4) is 0 Å². The van der Waals surface area contributed by atoms with Crippen LogP contribution in [0.5, 0.6) is 5.75 Å². The van der Waals surface area contributed by atoms with Crippen LogP contribution in [-0.4, -0.2) is 27.1 Å². The van der Waals surface area contributed by atoms with Crippen molar-refractivity contribution in [3.8, 4) is 16.9 Å². The Labute approximate surface area is 176 Å². The summed E-state index contributed by atoms with van der Waals surface area (Å²) >= 11 is 0. The van der Waals surface area contributed by atoms with E-state index in [1.165, 1.54) is 12.1 Å². The van der Waals surface area contributed by atoms with Crippen LogP contribution in [0.15, 0.2) is 72.8 Å². The lowest BCUT2D eigenvalue weighted by Crippen LogP contribution is -2.10. The highest BCUT2D eigenvalue weighted by Crippen LogP contribution is 2.33. The molecule has 0 unspecified atom stereocenters. The number of carbonyl (C=O) groups is 2. The van der Waals surface area contributed by atoms with E-state index < -0.39 is 11.9 Å². The number of pyridine rings is 1. The van der Waals surface area contributed by atoms with Gasteiger partial charge in [0.15, 0.2) is 5.69 Å². The van der Waals surface area contributed by atoms with Gasteiger partial charge in [-0.3, -0.25) is 0 Å². The zero-order chi connectivity index (χ0) is 22.0. The molecule has 3 aromatic carbocycles. The number of ether oxygens (including phenoxy) is 1. The fraction of sp³-hybridized carbons (Fsp3) is 0.0417. The molecule has 0 aliphatic rings. The van der Waals surface area contributed by atoms with Gasteiger partial charge in [0.25, 0.3) is 0 Å². The number of benzene rings is 3. The molecule has 0 bridgehead atoms. The van der Waals surface area contributed by atoms with E-state index in [2.05, 4.69) is 4.98 Å². The van der Waals surface area contributed by atoms with Crippen molar-refractivity contribution >= 4 is 22.8 Å². The number of para-hydroxylation sites is 1. The van der Waals surface area contributed by atoms with Crippen molar-refractivity contribution in [2.75, 3.05) is 0 Å². The summed E-state index contributed by atoms with van der Waals surface area (Å²) in [5, 5.41) is 19.9. The Kier molecular flexibility index (Phi) is 5.32. The Bertz CT molecular complexity index is 1280. The fourth-order valence-corrected chi connectivity index (χ4v) is 3.34. The molecule has 0 aliphatic heterocycles. The molecule has 7 heteroatoms. The maximum Gasteiger partial charge on any atom is 0.355 e. The molecule has 0 radical (unpaired) electrons. The molecular weight excluding hydrogens is 401 g/mol. The van der Waals surface area contributed by atoms with Crippen LogP contribution in [0.1, 0.15) is 26.4 Å². The van der Waals surface area contributed by atoms with Gasteiger partial charge >= 0.3 is 11.9 Å². The molecule has 0 aliphatic carbocycles. The molecule has 1 heterocycles. The second kappa shape index (κ2) is 8.23. The molecule has 4 rings (SSSR count). The summed E-state index contributed by atoms with van der Waals surface area (Å²) in [5.74, 6) is -2.40. The zero-order valence-electron chi connectivity index (χ0n) is 16.1. The average Bonchev–Trinajstić information content (AvgIpc) is 2.77. The predicted octanol–water partition coefficient (Wildman–Crippen LogP) is 5.02. The first kappa shape index (κ1) is 20.0. The van der Waals surface area contributed by atoms with Crippen molar-refractivity contribution in [1.29, 1.82) is 0 Å². The van der Waals surface area contributed by atoms with Crippen molar-refractivity contribution in [2.24, 2.45) is 0 Å². The van der Waals surface area contributed by atoms with Crippen molar-refractivity contribution < 1.29 is 28.9 Å². The van der Waals surface area contributed by atoms with Gasteiger partial charge in [0.2, 0.25) is 0 Å². The summed E-state index contributed by atoms with van der Waals surface area (Å²) in [4.78, 5) is 28.1. The fourth-order valence-electron chi connectivity index (χ4n) is 3.34. The number of hydrogen-bond acceptors (Lipinski definition) is 4. The van der Waals surface area contributed by atoms with Gasteiger partial charge in [-0.15, -0.1) is 0 Å². The number of rotatable bonds is 6. The zero-order valence-corrected chi connectivity index (χ0v) is 16.1. The maximum atomic E-state index is 13.0.